The molecule has 1 unspecified atom stereocenters. The monoisotopic (exact) mass is 221 g/mol. The molecular weight excluding hydrogens is 201 g/mol. The lowest BCUT2D eigenvalue weighted by molar-refractivity contribution is 0.411. The Morgan fingerprint density at radius 1 is 1.31 bits per heavy atom. The SMILES string of the molecule is CC(C)c1cc(C2CCCCN2)ccc1F. The highest BCUT2D eigenvalue weighted by atomic mass is 19.1. The zero-order valence-electron chi connectivity index (χ0n) is 10.1. The maximum Gasteiger partial charge on any atom is 0.126 e. The molecule has 0 aromatic heterocycles. The van der Waals surface area contributed by atoms with E-state index in [2.05, 4.69) is 5.32 Å². The average Bonchev–Trinajstić information content (AvgIpc) is 2.30. The van der Waals surface area contributed by atoms with Gasteiger partial charge < -0.3 is 5.32 Å². The fourth-order valence-corrected chi connectivity index (χ4v) is 2.36. The predicted molar refractivity (Wildman–Crippen MR) is 65.1 cm³/mol. The van der Waals surface area contributed by atoms with Crippen molar-refractivity contribution in [2.24, 2.45) is 0 Å². The zero-order chi connectivity index (χ0) is 11.5. The molecule has 1 fully saturated rings. The lowest BCUT2D eigenvalue weighted by Crippen LogP contribution is -2.26. The molecule has 88 valence electrons. The normalized spacial score (nSPS) is 21.4. The van der Waals surface area contributed by atoms with Gasteiger partial charge in [-0.15, -0.1) is 0 Å². The highest BCUT2D eigenvalue weighted by Crippen LogP contribution is 2.27. The van der Waals surface area contributed by atoms with Gasteiger partial charge in [-0.2, -0.15) is 0 Å². The number of rotatable bonds is 2. The van der Waals surface area contributed by atoms with Crippen molar-refractivity contribution in [2.75, 3.05) is 6.54 Å². The number of piperidine rings is 1. The van der Waals surface area contributed by atoms with Crippen molar-refractivity contribution in [3.05, 3.63) is 35.1 Å². The molecule has 0 amide bonds. The third-order valence-corrected chi connectivity index (χ3v) is 3.35. The van der Waals surface area contributed by atoms with E-state index in [4.69, 9.17) is 0 Å². The van der Waals surface area contributed by atoms with Crippen LogP contribution >= 0.6 is 0 Å². The summed E-state index contributed by atoms with van der Waals surface area (Å²) in [7, 11) is 0. The van der Waals surface area contributed by atoms with Crippen molar-refractivity contribution in [3.8, 4) is 0 Å². The molecule has 0 saturated carbocycles. The van der Waals surface area contributed by atoms with E-state index in [0.29, 0.717) is 6.04 Å². The second kappa shape index (κ2) is 4.96. The van der Waals surface area contributed by atoms with Crippen molar-refractivity contribution in [2.45, 2.75) is 45.1 Å². The lowest BCUT2D eigenvalue weighted by atomic mass is 9.93. The smallest absolute Gasteiger partial charge is 0.126 e. The Morgan fingerprint density at radius 3 is 2.75 bits per heavy atom. The summed E-state index contributed by atoms with van der Waals surface area (Å²) in [6, 6.07) is 5.99. The van der Waals surface area contributed by atoms with Gasteiger partial charge in [0.25, 0.3) is 0 Å². The summed E-state index contributed by atoms with van der Waals surface area (Å²) in [5.74, 6) is 0.179. The maximum atomic E-state index is 13.6. The summed E-state index contributed by atoms with van der Waals surface area (Å²) < 4.78 is 13.6. The fraction of sp³-hybridized carbons (Fsp3) is 0.571. The Labute approximate surface area is 97.1 Å². The summed E-state index contributed by atoms with van der Waals surface area (Å²) in [5.41, 5.74) is 2.08. The van der Waals surface area contributed by atoms with Crippen LogP contribution in [0.25, 0.3) is 0 Å². The molecule has 0 spiro atoms. The van der Waals surface area contributed by atoms with Gasteiger partial charge >= 0.3 is 0 Å². The first kappa shape index (κ1) is 11.6. The number of hydrogen-bond donors (Lipinski definition) is 1. The van der Waals surface area contributed by atoms with Crippen molar-refractivity contribution >= 4 is 0 Å². The van der Waals surface area contributed by atoms with Crippen molar-refractivity contribution in [3.63, 3.8) is 0 Å². The Kier molecular flexibility index (Phi) is 3.59. The summed E-state index contributed by atoms with van der Waals surface area (Å²) in [4.78, 5) is 0. The molecule has 1 aliphatic rings. The quantitative estimate of drug-likeness (QED) is 0.801. The van der Waals surface area contributed by atoms with E-state index in [1.807, 2.05) is 26.0 Å². The van der Waals surface area contributed by atoms with Gasteiger partial charge in [0.05, 0.1) is 0 Å². The molecule has 1 aliphatic heterocycles. The first-order valence-corrected chi connectivity index (χ1v) is 6.21. The molecule has 1 saturated heterocycles. The first-order valence-electron chi connectivity index (χ1n) is 6.21. The molecular formula is C14H20FN. The van der Waals surface area contributed by atoms with Crippen LogP contribution in [0.1, 0.15) is 56.2 Å². The van der Waals surface area contributed by atoms with Gasteiger partial charge in [-0.25, -0.2) is 4.39 Å². The minimum Gasteiger partial charge on any atom is -0.310 e. The van der Waals surface area contributed by atoms with Crippen LogP contribution in [0.4, 0.5) is 4.39 Å². The van der Waals surface area contributed by atoms with Crippen molar-refractivity contribution < 1.29 is 4.39 Å². The summed E-state index contributed by atoms with van der Waals surface area (Å²) in [6.07, 6.45) is 3.70. The maximum absolute atomic E-state index is 13.6. The minimum absolute atomic E-state index is 0.0745. The third-order valence-electron chi connectivity index (χ3n) is 3.35. The van der Waals surface area contributed by atoms with Gasteiger partial charge in [0.15, 0.2) is 0 Å². The van der Waals surface area contributed by atoms with Gasteiger partial charge in [0, 0.05) is 6.04 Å². The predicted octanol–water partition coefficient (Wildman–Crippen LogP) is 3.76. The molecule has 0 radical (unpaired) electrons. The number of halogens is 1. The molecule has 1 aromatic carbocycles. The number of nitrogens with one attached hydrogen (secondary N) is 1. The molecule has 1 aromatic rings. The minimum atomic E-state index is -0.0745. The second-order valence-corrected chi connectivity index (χ2v) is 4.94. The molecule has 1 atom stereocenters. The van der Waals surface area contributed by atoms with E-state index in [1.54, 1.807) is 6.07 Å². The van der Waals surface area contributed by atoms with Gasteiger partial charge in [-0.3, -0.25) is 0 Å². The number of hydrogen-bond acceptors (Lipinski definition) is 1. The Morgan fingerprint density at radius 2 is 2.12 bits per heavy atom. The molecule has 1 N–H and O–H groups in total. The molecule has 0 bridgehead atoms. The van der Waals surface area contributed by atoms with Crippen LogP contribution in [-0.2, 0) is 0 Å². The molecule has 0 aliphatic carbocycles. The van der Waals surface area contributed by atoms with E-state index in [0.717, 1.165) is 12.1 Å². The molecule has 2 heteroatoms. The highest BCUT2D eigenvalue weighted by molar-refractivity contribution is 5.29. The largest absolute Gasteiger partial charge is 0.310 e. The Balaban J connectivity index is 2.24. The summed E-state index contributed by atoms with van der Waals surface area (Å²) in [5, 5.41) is 3.50. The van der Waals surface area contributed by atoms with Crippen molar-refractivity contribution in [1.29, 1.82) is 0 Å². The lowest BCUT2D eigenvalue weighted by Gasteiger charge is -2.24. The molecule has 16 heavy (non-hydrogen) atoms. The standard InChI is InChI=1S/C14H20FN/c1-10(2)12-9-11(6-7-13(12)15)14-5-3-4-8-16-14/h6-7,9-10,14,16H,3-5,8H2,1-2H3. The second-order valence-electron chi connectivity index (χ2n) is 4.94. The fourth-order valence-electron chi connectivity index (χ4n) is 2.36. The van der Waals surface area contributed by atoms with Gasteiger partial charge in [-0.1, -0.05) is 32.4 Å². The van der Waals surface area contributed by atoms with Crippen LogP contribution in [0.15, 0.2) is 18.2 Å². The summed E-state index contributed by atoms with van der Waals surface area (Å²) in [6.45, 7) is 5.16. The topological polar surface area (TPSA) is 12.0 Å². The van der Waals surface area contributed by atoms with Gasteiger partial charge in [0.1, 0.15) is 5.82 Å². The van der Waals surface area contributed by atoms with E-state index < -0.39 is 0 Å². The zero-order valence-corrected chi connectivity index (χ0v) is 10.1. The van der Waals surface area contributed by atoms with Gasteiger partial charge in [0.2, 0.25) is 0 Å². The van der Waals surface area contributed by atoms with Crippen molar-refractivity contribution in [1.82, 2.24) is 5.32 Å². The summed E-state index contributed by atoms with van der Waals surface area (Å²) >= 11 is 0. The van der Waals surface area contributed by atoms with E-state index >= 15 is 0 Å². The number of benzene rings is 1. The van der Waals surface area contributed by atoms with Crippen LogP contribution < -0.4 is 5.32 Å². The first-order chi connectivity index (χ1) is 7.68. The third kappa shape index (κ3) is 2.43. The Bertz CT molecular complexity index is 354. The van der Waals surface area contributed by atoms with E-state index in [9.17, 15) is 4.39 Å². The highest BCUT2D eigenvalue weighted by Gasteiger charge is 2.16. The average molecular weight is 221 g/mol. The van der Waals surface area contributed by atoms with Crippen LogP contribution in [-0.4, -0.2) is 6.54 Å². The van der Waals surface area contributed by atoms with Crippen LogP contribution in [0.5, 0.6) is 0 Å². The molecule has 1 heterocycles. The van der Waals surface area contributed by atoms with Gasteiger partial charge in [-0.05, 0) is 42.5 Å². The van der Waals surface area contributed by atoms with Crippen LogP contribution in [0.3, 0.4) is 0 Å². The molecule has 2 rings (SSSR count). The molecule has 1 nitrogen and oxygen atoms in total. The Hall–Kier alpha value is -0.890. The van der Waals surface area contributed by atoms with E-state index in [1.165, 1.54) is 24.8 Å². The van der Waals surface area contributed by atoms with Crippen LogP contribution in [0.2, 0.25) is 0 Å². The van der Waals surface area contributed by atoms with E-state index in [-0.39, 0.29) is 11.7 Å². The van der Waals surface area contributed by atoms with Crippen LogP contribution in [0, 0.1) is 5.82 Å².